The number of hydrogen-bond donors (Lipinski definition) is 3. The maximum absolute atomic E-state index is 13.4. The van der Waals surface area contributed by atoms with E-state index >= 15 is 0 Å². The minimum absolute atomic E-state index is 0.151. The Morgan fingerprint density at radius 1 is 0.857 bits per heavy atom. The topological polar surface area (TPSA) is 173 Å². The van der Waals surface area contributed by atoms with Crippen LogP contribution in [0.15, 0.2) is 48.5 Å². The second-order valence-corrected chi connectivity index (χ2v) is 14.7. The van der Waals surface area contributed by atoms with Crippen LogP contribution >= 0.6 is 35.1 Å². The Hall–Kier alpha value is -4.21. The molecule has 0 radical (unpaired) electrons. The molecular formula is C32H39Cl2N5O9S. The molecule has 14 nitrogen and oxygen atoms in total. The van der Waals surface area contributed by atoms with E-state index in [0.29, 0.717) is 10.0 Å². The van der Waals surface area contributed by atoms with Gasteiger partial charge in [0.05, 0.1) is 13.0 Å². The number of rotatable bonds is 12. The second kappa shape index (κ2) is 16.9. The molecule has 3 N–H and O–H groups in total. The number of nitrogens with one attached hydrogen (secondary N) is 3. The highest BCUT2D eigenvalue weighted by atomic mass is 35.5. The van der Waals surface area contributed by atoms with Crippen LogP contribution in [0.3, 0.4) is 0 Å². The molecule has 0 saturated carbocycles. The Morgan fingerprint density at radius 2 is 1.43 bits per heavy atom. The van der Waals surface area contributed by atoms with E-state index in [-0.39, 0.29) is 12.1 Å². The summed E-state index contributed by atoms with van der Waals surface area (Å²) in [6.45, 7) is 8.70. The second-order valence-electron chi connectivity index (χ2n) is 12.7. The number of carbonyl (C=O) groups excluding carboxylic acids is 6. The van der Waals surface area contributed by atoms with Crippen LogP contribution in [0.1, 0.15) is 63.9 Å². The smallest absolute Gasteiger partial charge is 0.408 e. The van der Waals surface area contributed by atoms with Crippen LogP contribution in [0.25, 0.3) is 0 Å². The van der Waals surface area contributed by atoms with E-state index in [1.54, 1.807) is 77.9 Å². The van der Waals surface area contributed by atoms with Crippen LogP contribution in [0.5, 0.6) is 0 Å². The number of benzene rings is 2. The van der Waals surface area contributed by atoms with Gasteiger partial charge in [-0.05, 0) is 83.5 Å². The van der Waals surface area contributed by atoms with E-state index in [0.717, 1.165) is 22.4 Å². The van der Waals surface area contributed by atoms with Crippen molar-refractivity contribution in [2.75, 3.05) is 13.3 Å². The first-order valence-corrected chi connectivity index (χ1v) is 16.6. The molecule has 0 aliphatic carbocycles. The Kier molecular flexibility index (Phi) is 13.6. The molecule has 1 aliphatic rings. The Bertz CT molecular complexity index is 1500. The van der Waals surface area contributed by atoms with Crippen molar-refractivity contribution < 1.29 is 43.0 Å². The number of ether oxygens (including phenoxy) is 3. The van der Waals surface area contributed by atoms with Crippen LogP contribution < -0.4 is 16.0 Å². The molecule has 17 heteroatoms. The molecule has 3 rings (SSSR count). The first-order valence-electron chi connectivity index (χ1n) is 15.0. The van der Waals surface area contributed by atoms with Crippen LogP contribution in [-0.4, -0.2) is 81.1 Å². The molecule has 0 bridgehead atoms. The monoisotopic (exact) mass is 739 g/mol. The zero-order chi connectivity index (χ0) is 36.5. The van der Waals surface area contributed by atoms with Crippen molar-refractivity contribution in [3.63, 3.8) is 0 Å². The third-order valence-corrected chi connectivity index (χ3v) is 7.76. The largest absolute Gasteiger partial charge is 0.460 e. The summed E-state index contributed by atoms with van der Waals surface area (Å²) in [6, 6.07) is 11.0. The Morgan fingerprint density at radius 3 is 2.00 bits per heavy atom. The van der Waals surface area contributed by atoms with Crippen molar-refractivity contribution in [1.29, 1.82) is 0 Å². The van der Waals surface area contributed by atoms with E-state index in [1.165, 1.54) is 16.4 Å². The Labute approximate surface area is 298 Å². The summed E-state index contributed by atoms with van der Waals surface area (Å²) in [5.41, 5.74) is -1.66. The third kappa shape index (κ3) is 13.3. The third-order valence-electron chi connectivity index (χ3n) is 6.14. The average molecular weight is 741 g/mol. The molecule has 1 heterocycles. The number of halogens is 2. The minimum atomic E-state index is -1.44. The molecule has 2 atom stereocenters. The SMILES string of the molecule is CC(C)(C)OC(=O)C[C@H](NC(=O)OC(C)(C)C)C(=O)NCC(=O)OCN1C(=O)N(Cc2ccc(Cl)cc2)SC1NC(=O)c1ccc(Cl)cc1. The van der Waals surface area contributed by atoms with Crippen molar-refractivity contribution in [1.82, 2.24) is 25.2 Å². The van der Waals surface area contributed by atoms with Gasteiger partial charge in [-0.2, -0.15) is 0 Å². The molecule has 2 aromatic rings. The van der Waals surface area contributed by atoms with Crippen molar-refractivity contribution in [3.05, 3.63) is 69.7 Å². The number of alkyl carbamates (subject to hydrolysis) is 1. The molecule has 1 aliphatic heterocycles. The van der Waals surface area contributed by atoms with Gasteiger partial charge in [0.25, 0.3) is 5.91 Å². The predicted octanol–water partition coefficient (Wildman–Crippen LogP) is 4.83. The predicted molar refractivity (Wildman–Crippen MR) is 182 cm³/mol. The first kappa shape index (κ1) is 39.2. The summed E-state index contributed by atoms with van der Waals surface area (Å²) in [5, 5.41) is 8.35. The molecule has 266 valence electrons. The van der Waals surface area contributed by atoms with Crippen LogP contribution in [0.4, 0.5) is 9.59 Å². The summed E-state index contributed by atoms with van der Waals surface area (Å²) in [6.07, 6.45) is -1.51. The molecule has 0 aromatic heterocycles. The van der Waals surface area contributed by atoms with Gasteiger partial charge in [0.2, 0.25) is 5.91 Å². The van der Waals surface area contributed by atoms with E-state index < -0.39 is 78.3 Å². The van der Waals surface area contributed by atoms with Gasteiger partial charge in [-0.1, -0.05) is 35.3 Å². The highest BCUT2D eigenvalue weighted by molar-refractivity contribution is 7.98. The van der Waals surface area contributed by atoms with Crippen molar-refractivity contribution >= 4 is 71.0 Å². The zero-order valence-electron chi connectivity index (χ0n) is 27.8. The molecule has 5 amide bonds. The molecule has 1 unspecified atom stereocenters. The summed E-state index contributed by atoms with van der Waals surface area (Å²) in [4.78, 5) is 78.1. The van der Waals surface area contributed by atoms with Gasteiger partial charge >= 0.3 is 24.1 Å². The molecule has 49 heavy (non-hydrogen) atoms. The number of hydrogen-bond acceptors (Lipinski definition) is 10. The van der Waals surface area contributed by atoms with Gasteiger partial charge in [0, 0.05) is 27.6 Å². The van der Waals surface area contributed by atoms with E-state index in [4.69, 9.17) is 37.4 Å². The summed E-state index contributed by atoms with van der Waals surface area (Å²) >= 11 is 12.9. The number of amides is 5. The van der Waals surface area contributed by atoms with Crippen LogP contribution in [0, 0.1) is 0 Å². The molecule has 0 spiro atoms. The van der Waals surface area contributed by atoms with Crippen LogP contribution in [0.2, 0.25) is 10.0 Å². The molecule has 1 fully saturated rings. The van der Waals surface area contributed by atoms with Crippen molar-refractivity contribution in [2.45, 2.75) is 77.2 Å². The van der Waals surface area contributed by atoms with Gasteiger partial charge in [-0.3, -0.25) is 28.4 Å². The van der Waals surface area contributed by atoms with E-state index in [9.17, 15) is 28.8 Å². The molecule has 1 saturated heterocycles. The van der Waals surface area contributed by atoms with Crippen LogP contribution in [-0.2, 0) is 35.1 Å². The summed E-state index contributed by atoms with van der Waals surface area (Å²) < 4.78 is 17.1. The molecule has 2 aromatic carbocycles. The van der Waals surface area contributed by atoms with Gasteiger partial charge in [0.15, 0.2) is 12.2 Å². The average Bonchev–Trinajstić information content (AvgIpc) is 3.26. The van der Waals surface area contributed by atoms with Crippen molar-refractivity contribution in [3.8, 4) is 0 Å². The summed E-state index contributed by atoms with van der Waals surface area (Å²) in [5.74, 6) is -3.11. The number of urea groups is 1. The fraction of sp³-hybridized carbons (Fsp3) is 0.438. The van der Waals surface area contributed by atoms with E-state index in [2.05, 4.69) is 16.0 Å². The maximum Gasteiger partial charge on any atom is 0.408 e. The standard InChI is InChI=1S/C32H39Cl2N5O9S/c1-31(2,3)47-24(40)15-23(36-29(44)48-32(4,5)6)27(43)35-16-25(41)46-18-38-28(37-26(42)20-9-13-22(34)14-10-20)49-39(30(38)45)17-19-7-11-21(33)12-8-19/h7-14,23,28H,15-18H2,1-6H3,(H,35,43)(H,36,44)(H,37,42)/t23-,28?/m0/s1. The maximum atomic E-state index is 13.4. The van der Waals surface area contributed by atoms with Gasteiger partial charge in [-0.15, -0.1) is 0 Å². The fourth-order valence-electron chi connectivity index (χ4n) is 4.03. The Balaban J connectivity index is 1.66. The quantitative estimate of drug-likeness (QED) is 0.155. The normalized spacial score (nSPS) is 15.3. The zero-order valence-corrected chi connectivity index (χ0v) is 30.2. The van der Waals surface area contributed by atoms with E-state index in [1.807, 2.05) is 0 Å². The summed E-state index contributed by atoms with van der Waals surface area (Å²) in [7, 11) is 0. The fourth-order valence-corrected chi connectivity index (χ4v) is 5.37. The lowest BCUT2D eigenvalue weighted by atomic mass is 10.1. The number of nitrogens with zero attached hydrogens (tertiary/aromatic N) is 2. The van der Waals surface area contributed by atoms with Gasteiger partial charge < -0.3 is 30.2 Å². The highest BCUT2D eigenvalue weighted by Gasteiger charge is 2.40. The lowest BCUT2D eigenvalue weighted by Gasteiger charge is -2.24. The lowest BCUT2D eigenvalue weighted by molar-refractivity contribution is -0.156. The number of carbonyl (C=O) groups is 6. The van der Waals surface area contributed by atoms with Gasteiger partial charge in [0.1, 0.15) is 23.8 Å². The van der Waals surface area contributed by atoms with Crippen molar-refractivity contribution in [2.24, 2.45) is 0 Å². The molecular weight excluding hydrogens is 701 g/mol. The minimum Gasteiger partial charge on any atom is -0.460 e. The number of esters is 2. The first-order chi connectivity index (χ1) is 22.8. The van der Waals surface area contributed by atoms with Gasteiger partial charge in [-0.25, -0.2) is 9.59 Å². The lowest BCUT2D eigenvalue weighted by Crippen LogP contribution is -2.51. The highest BCUT2D eigenvalue weighted by Crippen LogP contribution is 2.31.